The molecule has 0 amide bonds. The Labute approximate surface area is 125 Å². The molecule has 1 atom stereocenters. The first-order chi connectivity index (χ1) is 10.3. The molecule has 0 spiro atoms. The van der Waals surface area contributed by atoms with Crippen LogP contribution in [0.25, 0.3) is 0 Å². The maximum absolute atomic E-state index is 6.29. The number of methoxy groups -OCH3 is 1. The zero-order valence-corrected chi connectivity index (χ0v) is 12.7. The highest BCUT2D eigenvalue weighted by Gasteiger charge is 2.18. The van der Waals surface area contributed by atoms with Gasteiger partial charge in [-0.05, 0) is 18.6 Å². The van der Waals surface area contributed by atoms with Crippen molar-refractivity contribution in [1.29, 1.82) is 0 Å². The molecule has 21 heavy (non-hydrogen) atoms. The Hall–Kier alpha value is -2.01. The van der Waals surface area contributed by atoms with E-state index < -0.39 is 0 Å². The van der Waals surface area contributed by atoms with Gasteiger partial charge >= 0.3 is 0 Å². The van der Waals surface area contributed by atoms with E-state index in [1.807, 2.05) is 35.0 Å². The van der Waals surface area contributed by atoms with Gasteiger partial charge in [-0.1, -0.05) is 25.1 Å². The molecule has 2 N–H and O–H groups in total. The van der Waals surface area contributed by atoms with Crippen LogP contribution in [0.3, 0.4) is 0 Å². The summed E-state index contributed by atoms with van der Waals surface area (Å²) in [5.74, 6) is 1.61. The number of rotatable bonds is 8. The summed E-state index contributed by atoms with van der Waals surface area (Å²) in [6, 6.07) is 9.59. The molecule has 2 aromatic rings. The number of para-hydroxylation sites is 1. The van der Waals surface area contributed by atoms with Crippen LogP contribution in [0.2, 0.25) is 0 Å². The smallest absolute Gasteiger partial charge is 0.161 e. The molecule has 0 aliphatic carbocycles. The van der Waals surface area contributed by atoms with Gasteiger partial charge in [0.25, 0.3) is 0 Å². The van der Waals surface area contributed by atoms with Crippen LogP contribution < -0.4 is 15.2 Å². The van der Waals surface area contributed by atoms with Crippen molar-refractivity contribution < 1.29 is 9.47 Å². The standard InChI is InChI=1S/C16H23N3O2/c1-3-10-19-16(15(20-2)12-18-19)14(17)9-11-21-13-7-5-4-6-8-13/h4-8,12,14H,3,9-11,17H2,1-2H3. The fourth-order valence-electron chi connectivity index (χ4n) is 2.26. The monoisotopic (exact) mass is 289 g/mol. The van der Waals surface area contributed by atoms with Crippen molar-refractivity contribution in [2.24, 2.45) is 5.73 Å². The minimum absolute atomic E-state index is 0.155. The third kappa shape index (κ3) is 3.98. The van der Waals surface area contributed by atoms with E-state index in [-0.39, 0.29) is 6.04 Å². The highest BCUT2D eigenvalue weighted by atomic mass is 16.5. The predicted molar refractivity (Wildman–Crippen MR) is 82.6 cm³/mol. The van der Waals surface area contributed by atoms with Crippen LogP contribution in [-0.4, -0.2) is 23.5 Å². The number of nitrogens with zero attached hydrogens (tertiary/aromatic N) is 2. The van der Waals surface area contributed by atoms with Gasteiger partial charge in [-0.3, -0.25) is 4.68 Å². The topological polar surface area (TPSA) is 62.3 Å². The van der Waals surface area contributed by atoms with Crippen molar-refractivity contribution in [2.45, 2.75) is 32.4 Å². The van der Waals surface area contributed by atoms with Gasteiger partial charge in [0.2, 0.25) is 0 Å². The van der Waals surface area contributed by atoms with Crippen LogP contribution in [0.15, 0.2) is 36.5 Å². The molecular formula is C16H23N3O2. The lowest BCUT2D eigenvalue weighted by atomic mass is 10.1. The van der Waals surface area contributed by atoms with Crippen LogP contribution in [0.1, 0.15) is 31.5 Å². The third-order valence-electron chi connectivity index (χ3n) is 3.29. The molecule has 1 heterocycles. The number of nitrogens with two attached hydrogens (primary N) is 1. The Kier molecular flexibility index (Phi) is 5.63. The fourth-order valence-corrected chi connectivity index (χ4v) is 2.26. The summed E-state index contributed by atoms with van der Waals surface area (Å²) in [5.41, 5.74) is 7.23. The lowest BCUT2D eigenvalue weighted by molar-refractivity contribution is 0.293. The van der Waals surface area contributed by atoms with Gasteiger partial charge < -0.3 is 15.2 Å². The molecule has 1 aromatic carbocycles. The van der Waals surface area contributed by atoms with E-state index >= 15 is 0 Å². The molecular weight excluding hydrogens is 266 g/mol. The summed E-state index contributed by atoms with van der Waals surface area (Å²) in [5, 5.41) is 4.33. The molecule has 0 saturated heterocycles. The molecule has 0 saturated carbocycles. The van der Waals surface area contributed by atoms with Crippen LogP contribution >= 0.6 is 0 Å². The maximum atomic E-state index is 6.29. The van der Waals surface area contributed by atoms with Crippen molar-refractivity contribution in [3.8, 4) is 11.5 Å². The zero-order chi connectivity index (χ0) is 15.1. The predicted octanol–water partition coefficient (Wildman–Crippen LogP) is 2.77. The van der Waals surface area contributed by atoms with E-state index in [2.05, 4.69) is 12.0 Å². The van der Waals surface area contributed by atoms with Crippen molar-refractivity contribution in [3.05, 3.63) is 42.2 Å². The molecule has 0 radical (unpaired) electrons. The number of hydrogen-bond donors (Lipinski definition) is 1. The quantitative estimate of drug-likeness (QED) is 0.811. The summed E-state index contributed by atoms with van der Waals surface area (Å²) in [7, 11) is 1.64. The maximum Gasteiger partial charge on any atom is 0.161 e. The van der Waals surface area contributed by atoms with Gasteiger partial charge in [-0.15, -0.1) is 0 Å². The molecule has 5 heteroatoms. The van der Waals surface area contributed by atoms with E-state index in [1.165, 1.54) is 0 Å². The second-order valence-corrected chi connectivity index (χ2v) is 4.88. The van der Waals surface area contributed by atoms with E-state index in [0.717, 1.165) is 30.2 Å². The number of benzene rings is 1. The van der Waals surface area contributed by atoms with E-state index in [9.17, 15) is 0 Å². The normalized spacial score (nSPS) is 12.1. The SMILES string of the molecule is CCCn1ncc(OC)c1C(N)CCOc1ccccc1. The van der Waals surface area contributed by atoms with E-state index in [4.69, 9.17) is 15.2 Å². The van der Waals surface area contributed by atoms with Crippen molar-refractivity contribution >= 4 is 0 Å². The van der Waals surface area contributed by atoms with Crippen LogP contribution in [0.5, 0.6) is 11.5 Å². The van der Waals surface area contributed by atoms with Gasteiger partial charge in [0, 0.05) is 13.0 Å². The summed E-state index contributed by atoms with van der Waals surface area (Å²) in [6.45, 7) is 3.51. The summed E-state index contributed by atoms with van der Waals surface area (Å²) in [6.07, 6.45) is 3.44. The first-order valence-electron chi connectivity index (χ1n) is 7.29. The second-order valence-electron chi connectivity index (χ2n) is 4.88. The average Bonchev–Trinajstić information content (AvgIpc) is 2.91. The molecule has 114 valence electrons. The van der Waals surface area contributed by atoms with Gasteiger partial charge in [0.05, 0.1) is 31.6 Å². The molecule has 0 bridgehead atoms. The minimum Gasteiger partial charge on any atom is -0.494 e. The zero-order valence-electron chi connectivity index (χ0n) is 12.7. The molecule has 0 fully saturated rings. The summed E-state index contributed by atoms with van der Waals surface area (Å²) >= 11 is 0. The Bertz CT molecular complexity index is 540. The molecule has 2 rings (SSSR count). The van der Waals surface area contributed by atoms with Gasteiger partial charge in [-0.2, -0.15) is 5.10 Å². The Morgan fingerprint density at radius 1 is 1.29 bits per heavy atom. The van der Waals surface area contributed by atoms with Crippen molar-refractivity contribution in [1.82, 2.24) is 9.78 Å². The summed E-state index contributed by atoms with van der Waals surface area (Å²) in [4.78, 5) is 0. The number of aromatic nitrogens is 2. The third-order valence-corrected chi connectivity index (χ3v) is 3.29. The van der Waals surface area contributed by atoms with Gasteiger partial charge in [-0.25, -0.2) is 0 Å². The highest BCUT2D eigenvalue weighted by molar-refractivity contribution is 5.28. The lowest BCUT2D eigenvalue weighted by Gasteiger charge is -2.16. The minimum atomic E-state index is -0.155. The molecule has 1 aromatic heterocycles. The fraction of sp³-hybridized carbons (Fsp3) is 0.438. The lowest BCUT2D eigenvalue weighted by Crippen LogP contribution is -2.19. The van der Waals surface area contributed by atoms with Crippen molar-refractivity contribution in [2.75, 3.05) is 13.7 Å². The molecule has 0 aliphatic heterocycles. The van der Waals surface area contributed by atoms with Crippen molar-refractivity contribution in [3.63, 3.8) is 0 Å². The van der Waals surface area contributed by atoms with Gasteiger partial charge in [0.15, 0.2) is 5.75 Å². The molecule has 5 nitrogen and oxygen atoms in total. The number of hydrogen-bond acceptors (Lipinski definition) is 4. The van der Waals surface area contributed by atoms with E-state index in [0.29, 0.717) is 13.0 Å². The second kappa shape index (κ2) is 7.69. The largest absolute Gasteiger partial charge is 0.494 e. The van der Waals surface area contributed by atoms with Crippen LogP contribution in [0.4, 0.5) is 0 Å². The average molecular weight is 289 g/mol. The number of ether oxygens (including phenoxy) is 2. The summed E-state index contributed by atoms with van der Waals surface area (Å²) < 4.78 is 13.0. The van der Waals surface area contributed by atoms with Gasteiger partial charge in [0.1, 0.15) is 5.75 Å². The molecule has 1 unspecified atom stereocenters. The van der Waals surface area contributed by atoms with E-state index in [1.54, 1.807) is 13.3 Å². The van der Waals surface area contributed by atoms with Crippen LogP contribution in [0, 0.1) is 0 Å². The first-order valence-corrected chi connectivity index (χ1v) is 7.29. The Balaban J connectivity index is 1.96. The Morgan fingerprint density at radius 2 is 2.05 bits per heavy atom. The number of aryl methyl sites for hydroxylation is 1. The molecule has 0 aliphatic rings. The highest BCUT2D eigenvalue weighted by Crippen LogP contribution is 2.26. The first kappa shape index (κ1) is 15.4. The Morgan fingerprint density at radius 3 is 2.71 bits per heavy atom. The van der Waals surface area contributed by atoms with Crippen LogP contribution in [-0.2, 0) is 6.54 Å².